The summed E-state index contributed by atoms with van der Waals surface area (Å²) in [5.74, 6) is -0.167. The van der Waals surface area contributed by atoms with Crippen molar-refractivity contribution in [3.63, 3.8) is 0 Å². The van der Waals surface area contributed by atoms with Crippen LogP contribution in [-0.4, -0.2) is 48.0 Å². The number of amides is 2. The van der Waals surface area contributed by atoms with Gasteiger partial charge in [0.25, 0.3) is 5.91 Å². The number of rotatable bonds is 12. The van der Waals surface area contributed by atoms with Gasteiger partial charge in [0, 0.05) is 30.8 Å². The van der Waals surface area contributed by atoms with Gasteiger partial charge in [-0.2, -0.15) is 0 Å². The van der Waals surface area contributed by atoms with E-state index in [9.17, 15) is 9.59 Å². The predicted molar refractivity (Wildman–Crippen MR) is 120 cm³/mol. The number of benzene rings is 1. The summed E-state index contributed by atoms with van der Waals surface area (Å²) in [7, 11) is 0. The van der Waals surface area contributed by atoms with Crippen LogP contribution in [0.25, 0.3) is 0 Å². The van der Waals surface area contributed by atoms with Crippen molar-refractivity contribution in [1.82, 2.24) is 15.5 Å². The molecule has 0 bridgehead atoms. The van der Waals surface area contributed by atoms with Gasteiger partial charge in [-0.25, -0.2) is 0 Å². The van der Waals surface area contributed by atoms with Gasteiger partial charge in [-0.05, 0) is 56.0 Å². The molecule has 0 spiro atoms. The van der Waals surface area contributed by atoms with Crippen LogP contribution in [0.2, 0.25) is 0 Å². The molecular weight excluding hydrogens is 372 g/mol. The monoisotopic (exact) mass is 406 g/mol. The van der Waals surface area contributed by atoms with Gasteiger partial charge in [-0.15, -0.1) is 0 Å². The Balaban J connectivity index is 2.37. The first-order chi connectivity index (χ1) is 13.5. The number of hydrogen-bond donors (Lipinski definition) is 3. The quantitative estimate of drug-likeness (QED) is 0.366. The lowest BCUT2D eigenvalue weighted by Gasteiger charge is -2.18. The molecule has 0 unspecified atom stereocenters. The van der Waals surface area contributed by atoms with Crippen LogP contribution in [0.4, 0.5) is 5.69 Å². The summed E-state index contributed by atoms with van der Waals surface area (Å²) in [5.41, 5.74) is 1.33. The van der Waals surface area contributed by atoms with E-state index in [-0.39, 0.29) is 16.9 Å². The van der Waals surface area contributed by atoms with Crippen molar-refractivity contribution < 1.29 is 9.59 Å². The van der Waals surface area contributed by atoms with Crippen molar-refractivity contribution in [2.45, 2.75) is 52.9 Å². The van der Waals surface area contributed by atoms with Crippen LogP contribution in [0.5, 0.6) is 0 Å². The third-order valence-electron chi connectivity index (χ3n) is 4.52. The molecule has 2 amide bonds. The van der Waals surface area contributed by atoms with Crippen molar-refractivity contribution in [3.05, 3.63) is 29.8 Å². The van der Waals surface area contributed by atoms with Crippen LogP contribution in [0.3, 0.4) is 0 Å². The molecule has 156 valence electrons. The third-order valence-corrected chi connectivity index (χ3v) is 4.73. The van der Waals surface area contributed by atoms with Crippen LogP contribution in [-0.2, 0) is 4.79 Å². The van der Waals surface area contributed by atoms with Crippen LogP contribution in [0, 0.1) is 0 Å². The average molecular weight is 407 g/mol. The SMILES string of the molecule is CCCCCCC(=O)NC(=S)Nc1ccc(C(=O)NCCN(CC)CC)cc1. The lowest BCUT2D eigenvalue weighted by molar-refractivity contribution is -0.119. The predicted octanol–water partition coefficient (Wildman–Crippen LogP) is 3.54. The van der Waals surface area contributed by atoms with Gasteiger partial charge in [0.05, 0.1) is 0 Å². The van der Waals surface area contributed by atoms with Crippen LogP contribution >= 0.6 is 12.2 Å². The zero-order valence-electron chi connectivity index (χ0n) is 17.3. The van der Waals surface area contributed by atoms with Crippen LogP contribution in [0.1, 0.15) is 63.2 Å². The largest absolute Gasteiger partial charge is 0.351 e. The number of likely N-dealkylation sites (N-methyl/N-ethyl adjacent to an activating group) is 1. The second-order valence-electron chi connectivity index (χ2n) is 6.67. The highest BCUT2D eigenvalue weighted by Crippen LogP contribution is 2.10. The second-order valence-corrected chi connectivity index (χ2v) is 7.08. The number of nitrogens with zero attached hydrogens (tertiary/aromatic N) is 1. The fourth-order valence-electron chi connectivity index (χ4n) is 2.74. The van der Waals surface area contributed by atoms with E-state index in [4.69, 9.17) is 12.2 Å². The molecule has 1 aromatic rings. The molecule has 0 aliphatic heterocycles. The minimum atomic E-state index is -0.0957. The molecule has 1 aromatic carbocycles. The normalized spacial score (nSPS) is 10.6. The second kappa shape index (κ2) is 14.1. The lowest BCUT2D eigenvalue weighted by Crippen LogP contribution is -2.35. The fraction of sp³-hybridized carbons (Fsp3) is 0.571. The summed E-state index contributed by atoms with van der Waals surface area (Å²) in [6.45, 7) is 9.76. The Morgan fingerprint density at radius 1 is 1.00 bits per heavy atom. The Morgan fingerprint density at radius 3 is 2.29 bits per heavy atom. The van der Waals surface area contributed by atoms with E-state index in [0.29, 0.717) is 18.5 Å². The van der Waals surface area contributed by atoms with E-state index in [1.807, 2.05) is 0 Å². The Hall–Kier alpha value is -1.99. The number of nitrogens with one attached hydrogen (secondary N) is 3. The van der Waals surface area contributed by atoms with Crippen molar-refractivity contribution in [3.8, 4) is 0 Å². The van der Waals surface area contributed by atoms with Crippen molar-refractivity contribution >= 4 is 34.8 Å². The molecule has 6 nitrogen and oxygen atoms in total. The van der Waals surface area contributed by atoms with Crippen LogP contribution < -0.4 is 16.0 Å². The molecule has 0 fully saturated rings. The number of anilines is 1. The Morgan fingerprint density at radius 2 is 1.68 bits per heavy atom. The maximum absolute atomic E-state index is 12.2. The highest BCUT2D eigenvalue weighted by Gasteiger charge is 2.08. The molecule has 0 saturated carbocycles. The van der Waals surface area contributed by atoms with Gasteiger partial charge < -0.3 is 20.9 Å². The number of thiocarbonyl (C=S) groups is 1. The Labute approximate surface area is 174 Å². The molecule has 0 heterocycles. The van der Waals surface area contributed by atoms with Crippen molar-refractivity contribution in [2.24, 2.45) is 0 Å². The van der Waals surface area contributed by atoms with E-state index in [2.05, 4.69) is 41.6 Å². The minimum absolute atomic E-state index is 0.0715. The molecule has 28 heavy (non-hydrogen) atoms. The zero-order chi connectivity index (χ0) is 20.8. The van der Waals surface area contributed by atoms with Crippen LogP contribution in [0.15, 0.2) is 24.3 Å². The first-order valence-corrected chi connectivity index (χ1v) is 10.6. The summed E-state index contributed by atoms with van der Waals surface area (Å²) in [6, 6.07) is 7.03. The van der Waals surface area contributed by atoms with Gasteiger partial charge in [-0.3, -0.25) is 9.59 Å². The average Bonchev–Trinajstić information content (AvgIpc) is 2.69. The Kier molecular flexibility index (Phi) is 12.1. The van der Waals surface area contributed by atoms with E-state index in [1.165, 1.54) is 0 Å². The smallest absolute Gasteiger partial charge is 0.251 e. The van der Waals surface area contributed by atoms with E-state index >= 15 is 0 Å². The maximum Gasteiger partial charge on any atom is 0.251 e. The molecule has 0 atom stereocenters. The summed E-state index contributed by atoms with van der Waals surface area (Å²) >= 11 is 5.18. The molecule has 0 saturated heterocycles. The minimum Gasteiger partial charge on any atom is -0.351 e. The topological polar surface area (TPSA) is 73.5 Å². The first-order valence-electron chi connectivity index (χ1n) is 10.2. The first kappa shape index (κ1) is 24.0. The number of carbonyl (C=O) groups is 2. The fourth-order valence-corrected chi connectivity index (χ4v) is 2.97. The molecule has 1 rings (SSSR count). The highest BCUT2D eigenvalue weighted by molar-refractivity contribution is 7.80. The van der Waals surface area contributed by atoms with Gasteiger partial charge in [0.15, 0.2) is 5.11 Å². The molecule has 0 aliphatic rings. The van der Waals surface area contributed by atoms with Crippen molar-refractivity contribution in [1.29, 1.82) is 0 Å². The summed E-state index contributed by atoms with van der Waals surface area (Å²) in [6.07, 6.45) is 4.70. The van der Waals surface area contributed by atoms with Gasteiger partial charge in [0.1, 0.15) is 0 Å². The summed E-state index contributed by atoms with van der Waals surface area (Å²) < 4.78 is 0. The number of hydrogen-bond acceptors (Lipinski definition) is 4. The molecule has 7 heteroatoms. The maximum atomic E-state index is 12.2. The number of unbranched alkanes of at least 4 members (excludes halogenated alkanes) is 3. The summed E-state index contributed by atoms with van der Waals surface area (Å²) in [4.78, 5) is 26.3. The Bertz CT molecular complexity index is 615. The molecule has 0 aromatic heterocycles. The third kappa shape index (κ3) is 9.80. The molecule has 3 N–H and O–H groups in total. The van der Waals surface area contributed by atoms with E-state index in [1.54, 1.807) is 24.3 Å². The van der Waals surface area contributed by atoms with Gasteiger partial charge >= 0.3 is 0 Å². The molecular formula is C21H34N4O2S. The van der Waals surface area contributed by atoms with E-state index in [0.717, 1.165) is 51.0 Å². The highest BCUT2D eigenvalue weighted by atomic mass is 32.1. The van der Waals surface area contributed by atoms with Crippen molar-refractivity contribution in [2.75, 3.05) is 31.5 Å². The van der Waals surface area contributed by atoms with Gasteiger partial charge in [0.2, 0.25) is 5.91 Å². The lowest BCUT2D eigenvalue weighted by atomic mass is 10.1. The standard InChI is InChI=1S/C21H34N4O2S/c1-4-7-8-9-10-19(26)24-21(28)23-18-13-11-17(12-14-18)20(27)22-15-16-25(5-2)6-3/h11-14H,4-10,15-16H2,1-3H3,(H,22,27)(H2,23,24,26,28). The molecule has 0 radical (unpaired) electrons. The zero-order valence-corrected chi connectivity index (χ0v) is 18.2. The molecule has 0 aliphatic carbocycles. The van der Waals surface area contributed by atoms with E-state index < -0.39 is 0 Å². The van der Waals surface area contributed by atoms with Gasteiger partial charge in [-0.1, -0.05) is 40.0 Å². The number of carbonyl (C=O) groups excluding carboxylic acids is 2. The summed E-state index contributed by atoms with van der Waals surface area (Å²) in [5, 5.41) is 8.87.